The Morgan fingerprint density at radius 2 is 2.06 bits per heavy atom. The van der Waals surface area contributed by atoms with E-state index >= 15 is 0 Å². The predicted molar refractivity (Wildman–Crippen MR) is 116 cm³/mol. The zero-order valence-electron chi connectivity index (χ0n) is 18.7. The second kappa shape index (κ2) is 9.98. The van der Waals surface area contributed by atoms with Crippen LogP contribution in [0.2, 0.25) is 0 Å². The number of hydrogen-bond donors (Lipinski definition) is 2. The van der Waals surface area contributed by atoms with Crippen LogP contribution in [-0.4, -0.2) is 62.2 Å². The van der Waals surface area contributed by atoms with Crippen LogP contribution in [0.1, 0.15) is 31.9 Å². The molecule has 34 heavy (non-hydrogen) atoms. The first-order valence-corrected chi connectivity index (χ1v) is 10.4. The van der Waals surface area contributed by atoms with Gasteiger partial charge in [-0.3, -0.25) is 4.79 Å². The predicted octanol–water partition coefficient (Wildman–Crippen LogP) is 3.90. The van der Waals surface area contributed by atoms with E-state index in [2.05, 4.69) is 9.97 Å². The van der Waals surface area contributed by atoms with Crippen LogP contribution in [0.4, 0.5) is 18.0 Å². The average molecular weight is 479 g/mol. The summed E-state index contributed by atoms with van der Waals surface area (Å²) in [7, 11) is 1.48. The number of benzene rings is 1. The number of amides is 2. The van der Waals surface area contributed by atoms with Crippen molar-refractivity contribution in [3.63, 3.8) is 0 Å². The van der Waals surface area contributed by atoms with Gasteiger partial charge in [-0.05, 0) is 25.5 Å². The SMILES string of the molecule is CCN(C(=O)NC(CC(=O)O)C(F)(F)F)C(C)c1cccc(-c2cn3ccnc3c(OC)n2)c1. The summed E-state index contributed by atoms with van der Waals surface area (Å²) in [6.45, 7) is 3.40. The number of carboxylic acids is 1. The van der Waals surface area contributed by atoms with E-state index in [1.54, 1.807) is 55.0 Å². The largest absolute Gasteiger partial charge is 0.481 e. The van der Waals surface area contributed by atoms with E-state index in [9.17, 15) is 22.8 Å². The molecule has 0 aliphatic heterocycles. The molecule has 1 aromatic carbocycles. The normalized spacial score (nSPS) is 13.4. The van der Waals surface area contributed by atoms with E-state index < -0.39 is 36.7 Å². The summed E-state index contributed by atoms with van der Waals surface area (Å²) in [6.07, 6.45) is -1.04. The maximum atomic E-state index is 13.2. The van der Waals surface area contributed by atoms with Crippen LogP contribution in [0.3, 0.4) is 0 Å². The molecule has 182 valence electrons. The van der Waals surface area contributed by atoms with Gasteiger partial charge in [0.1, 0.15) is 6.04 Å². The van der Waals surface area contributed by atoms with Gasteiger partial charge >= 0.3 is 18.2 Å². The minimum Gasteiger partial charge on any atom is -0.481 e. The number of hydrogen-bond acceptors (Lipinski definition) is 5. The lowest BCUT2D eigenvalue weighted by atomic mass is 10.0. The molecule has 2 heterocycles. The van der Waals surface area contributed by atoms with Crippen LogP contribution in [0.15, 0.2) is 42.9 Å². The van der Waals surface area contributed by atoms with E-state index in [-0.39, 0.29) is 6.54 Å². The molecule has 2 aromatic heterocycles. The maximum Gasteiger partial charge on any atom is 0.409 e. The molecule has 2 unspecified atom stereocenters. The van der Waals surface area contributed by atoms with Gasteiger partial charge in [-0.15, -0.1) is 0 Å². The number of urea groups is 1. The summed E-state index contributed by atoms with van der Waals surface area (Å²) < 4.78 is 46.7. The number of carbonyl (C=O) groups is 2. The van der Waals surface area contributed by atoms with Crippen LogP contribution < -0.4 is 10.1 Å². The van der Waals surface area contributed by atoms with Crippen LogP contribution in [0.5, 0.6) is 5.88 Å². The third-order valence-corrected chi connectivity index (χ3v) is 5.34. The zero-order chi connectivity index (χ0) is 25.0. The van der Waals surface area contributed by atoms with E-state index in [1.807, 2.05) is 11.4 Å². The zero-order valence-corrected chi connectivity index (χ0v) is 18.7. The number of carboxylic acid groups (broad SMARTS) is 1. The summed E-state index contributed by atoms with van der Waals surface area (Å²) >= 11 is 0. The monoisotopic (exact) mass is 479 g/mol. The highest BCUT2D eigenvalue weighted by Gasteiger charge is 2.43. The quantitative estimate of drug-likeness (QED) is 0.507. The molecular formula is C22H24F3N5O4. The van der Waals surface area contributed by atoms with E-state index in [1.165, 1.54) is 12.0 Å². The molecule has 0 fully saturated rings. The average Bonchev–Trinajstić information content (AvgIpc) is 3.26. The molecule has 0 radical (unpaired) electrons. The minimum absolute atomic E-state index is 0.0992. The van der Waals surface area contributed by atoms with Crippen molar-refractivity contribution in [3.8, 4) is 17.1 Å². The molecule has 0 aliphatic rings. The van der Waals surface area contributed by atoms with Gasteiger partial charge in [0.15, 0.2) is 5.65 Å². The van der Waals surface area contributed by atoms with Crippen LogP contribution in [0.25, 0.3) is 16.9 Å². The first kappa shape index (κ1) is 24.8. The number of imidazole rings is 1. The van der Waals surface area contributed by atoms with Crippen molar-refractivity contribution in [2.45, 2.75) is 38.5 Å². The Kier molecular flexibility index (Phi) is 7.28. The Labute approximate surface area is 193 Å². The molecule has 0 saturated carbocycles. The topological polar surface area (TPSA) is 109 Å². The highest BCUT2D eigenvalue weighted by atomic mass is 19.4. The first-order chi connectivity index (χ1) is 16.0. The molecule has 3 aromatic rings. The summed E-state index contributed by atoms with van der Waals surface area (Å²) in [5.41, 5.74) is 2.48. The van der Waals surface area contributed by atoms with Crippen molar-refractivity contribution >= 4 is 17.6 Å². The van der Waals surface area contributed by atoms with E-state index in [0.717, 1.165) is 0 Å². The molecule has 12 heteroatoms. The highest BCUT2D eigenvalue weighted by molar-refractivity contribution is 5.76. The van der Waals surface area contributed by atoms with E-state index in [4.69, 9.17) is 9.84 Å². The van der Waals surface area contributed by atoms with Crippen molar-refractivity contribution in [3.05, 3.63) is 48.4 Å². The molecule has 3 rings (SSSR count). The number of nitrogens with zero attached hydrogens (tertiary/aromatic N) is 4. The van der Waals surface area contributed by atoms with Gasteiger partial charge < -0.3 is 24.5 Å². The smallest absolute Gasteiger partial charge is 0.409 e. The lowest BCUT2D eigenvalue weighted by Crippen LogP contribution is -2.52. The Morgan fingerprint density at radius 3 is 2.68 bits per heavy atom. The van der Waals surface area contributed by atoms with Crippen LogP contribution >= 0.6 is 0 Å². The first-order valence-electron chi connectivity index (χ1n) is 10.4. The number of carbonyl (C=O) groups excluding carboxylic acids is 1. The highest BCUT2D eigenvalue weighted by Crippen LogP contribution is 2.28. The van der Waals surface area contributed by atoms with Crippen LogP contribution in [0, 0.1) is 0 Å². The van der Waals surface area contributed by atoms with Crippen molar-refractivity contribution < 1.29 is 32.6 Å². The number of aromatic nitrogens is 3. The van der Waals surface area contributed by atoms with E-state index in [0.29, 0.717) is 28.3 Å². The molecule has 0 spiro atoms. The fourth-order valence-corrected chi connectivity index (χ4v) is 3.57. The van der Waals surface area contributed by atoms with Crippen LogP contribution in [-0.2, 0) is 4.79 Å². The minimum atomic E-state index is -4.90. The van der Waals surface area contributed by atoms with Gasteiger partial charge in [-0.1, -0.05) is 18.2 Å². The van der Waals surface area contributed by atoms with Crippen molar-refractivity contribution in [1.29, 1.82) is 0 Å². The molecule has 2 atom stereocenters. The second-order valence-electron chi connectivity index (χ2n) is 7.52. The number of rotatable bonds is 8. The third-order valence-electron chi connectivity index (χ3n) is 5.34. The Morgan fingerprint density at radius 1 is 1.32 bits per heavy atom. The summed E-state index contributed by atoms with van der Waals surface area (Å²) in [6, 6.07) is 2.97. The fraction of sp³-hybridized carbons (Fsp3) is 0.364. The van der Waals surface area contributed by atoms with Crippen molar-refractivity contribution in [1.82, 2.24) is 24.6 Å². The molecule has 0 saturated heterocycles. The van der Waals surface area contributed by atoms with Crippen molar-refractivity contribution in [2.75, 3.05) is 13.7 Å². The molecule has 2 amide bonds. The lowest BCUT2D eigenvalue weighted by Gasteiger charge is -2.31. The maximum absolute atomic E-state index is 13.2. The summed E-state index contributed by atoms with van der Waals surface area (Å²) in [5.74, 6) is -1.34. The van der Waals surface area contributed by atoms with Gasteiger partial charge in [0, 0.05) is 30.7 Å². The molecule has 0 aliphatic carbocycles. The summed E-state index contributed by atoms with van der Waals surface area (Å²) in [5, 5.41) is 10.6. The fourth-order valence-electron chi connectivity index (χ4n) is 3.57. The van der Waals surface area contributed by atoms with Gasteiger partial charge in [0.2, 0.25) is 0 Å². The molecule has 9 nitrogen and oxygen atoms in total. The third kappa shape index (κ3) is 5.38. The van der Waals surface area contributed by atoms with Crippen molar-refractivity contribution in [2.24, 2.45) is 0 Å². The number of aliphatic carboxylic acids is 1. The number of alkyl halides is 3. The number of methoxy groups -OCH3 is 1. The standard InChI is InChI=1S/C22H24F3N5O4/c1-4-30(21(33)28-17(11-18(31)32)22(23,24)25)13(2)14-6-5-7-15(10-14)16-12-29-9-8-26-19(29)20(27-16)34-3/h5-10,12-13,17H,4,11H2,1-3H3,(H,28,33)(H,31,32). The van der Waals surface area contributed by atoms with Gasteiger partial charge in [0.25, 0.3) is 5.88 Å². The number of fused-ring (bicyclic) bond motifs is 1. The molecule has 2 N–H and O–H groups in total. The lowest BCUT2D eigenvalue weighted by molar-refractivity contribution is -0.165. The molecular weight excluding hydrogens is 455 g/mol. The van der Waals surface area contributed by atoms with Gasteiger partial charge in [-0.25, -0.2) is 14.8 Å². The molecule has 0 bridgehead atoms. The Hall–Kier alpha value is -3.83. The number of ether oxygens (including phenoxy) is 1. The summed E-state index contributed by atoms with van der Waals surface area (Å²) in [4.78, 5) is 33.4. The van der Waals surface area contributed by atoms with Gasteiger partial charge in [0.05, 0.1) is 25.3 Å². The number of halogens is 3. The number of nitrogens with one attached hydrogen (secondary N) is 1. The Balaban J connectivity index is 1.87. The van der Waals surface area contributed by atoms with Gasteiger partial charge in [-0.2, -0.15) is 13.2 Å². The second-order valence-corrected chi connectivity index (χ2v) is 7.52. The Bertz CT molecular complexity index is 1180.